The van der Waals surface area contributed by atoms with Crippen LogP contribution in [0.1, 0.15) is 51.4 Å². The molecule has 0 fully saturated rings. The van der Waals surface area contributed by atoms with Crippen LogP contribution in [0.15, 0.2) is 60.7 Å². The van der Waals surface area contributed by atoms with Gasteiger partial charge < -0.3 is 0 Å². The average Bonchev–Trinajstić information content (AvgIpc) is 2.70. The maximum absolute atomic E-state index is 2.83. The van der Waals surface area contributed by atoms with Crippen LogP contribution in [-0.2, 0) is 25.4 Å². The number of rotatable bonds is 7. The van der Waals surface area contributed by atoms with Crippen molar-refractivity contribution in [1.82, 2.24) is 0 Å². The smallest absolute Gasteiger partial charge is 0.00230 e. The Bertz CT molecular complexity index is 877. The van der Waals surface area contributed by atoms with Gasteiger partial charge in [0.25, 0.3) is 0 Å². The third-order valence-corrected chi connectivity index (χ3v) is 6.79. The van der Waals surface area contributed by atoms with Crippen molar-refractivity contribution in [2.75, 3.05) is 0 Å². The van der Waals surface area contributed by atoms with Gasteiger partial charge in [0.1, 0.15) is 0 Å². The van der Waals surface area contributed by atoms with E-state index in [1.807, 2.05) is 0 Å². The molecule has 140 valence electrons. The molecule has 0 radical (unpaired) electrons. The first-order valence-electron chi connectivity index (χ1n) is 9.77. The summed E-state index contributed by atoms with van der Waals surface area (Å²) in [6, 6.07) is 22.9. The van der Waals surface area contributed by atoms with Crippen molar-refractivity contribution in [2.24, 2.45) is 0 Å². The Morgan fingerprint density at radius 2 is 1.04 bits per heavy atom. The van der Waals surface area contributed by atoms with Crippen LogP contribution in [0.2, 0.25) is 0 Å². The Kier molecular flexibility index (Phi) is 7.23. The first-order valence-corrected chi connectivity index (χ1v) is 12.8. The van der Waals surface area contributed by atoms with E-state index in [9.17, 15) is 0 Å². The highest BCUT2D eigenvalue weighted by Gasteiger charge is 2.08. The second-order valence-corrected chi connectivity index (χ2v) is 9.34. The summed E-state index contributed by atoms with van der Waals surface area (Å²) >= 11 is 0. The van der Waals surface area contributed by atoms with Gasteiger partial charge in [0.2, 0.25) is 0 Å². The molecule has 0 amide bonds. The first kappa shape index (κ1) is 20.3. The van der Waals surface area contributed by atoms with Gasteiger partial charge in [0.05, 0.1) is 0 Å². The van der Waals surface area contributed by atoms with Gasteiger partial charge in [-0.15, -0.1) is 8.93 Å². The van der Waals surface area contributed by atoms with Crippen LogP contribution in [0.5, 0.6) is 0 Å². The molecule has 2 heteroatoms. The summed E-state index contributed by atoms with van der Waals surface area (Å²) in [4.78, 5) is 0. The molecule has 0 N–H and O–H groups in total. The molecule has 0 bridgehead atoms. The summed E-state index contributed by atoms with van der Waals surface area (Å²) in [6.45, 7) is 6.76. The lowest BCUT2D eigenvalue weighted by Crippen LogP contribution is -2.00. The van der Waals surface area contributed by atoms with Crippen molar-refractivity contribution in [3.05, 3.63) is 105 Å². The molecule has 0 heterocycles. The van der Waals surface area contributed by atoms with E-state index in [4.69, 9.17) is 0 Å². The SMILES string of the molecule is CCc1ccc(Cc2ccc(Cc3ccc(CPP)cc3)c(C)c2C)cc1. The fourth-order valence-electron chi connectivity index (χ4n) is 3.54. The van der Waals surface area contributed by atoms with E-state index >= 15 is 0 Å². The van der Waals surface area contributed by atoms with Gasteiger partial charge in [0, 0.05) is 0 Å². The number of aryl methyl sites for hydroxylation is 1. The van der Waals surface area contributed by atoms with Crippen LogP contribution >= 0.6 is 17.2 Å². The van der Waals surface area contributed by atoms with Crippen molar-refractivity contribution in [2.45, 2.75) is 46.2 Å². The van der Waals surface area contributed by atoms with Crippen LogP contribution in [-0.4, -0.2) is 0 Å². The van der Waals surface area contributed by atoms with Crippen molar-refractivity contribution in [1.29, 1.82) is 0 Å². The lowest BCUT2D eigenvalue weighted by molar-refractivity contribution is 1.07. The molecule has 2 atom stereocenters. The van der Waals surface area contributed by atoms with Gasteiger partial charge in [-0.05, 0) is 83.8 Å². The van der Waals surface area contributed by atoms with Crippen molar-refractivity contribution in [3.63, 3.8) is 0 Å². The van der Waals surface area contributed by atoms with Gasteiger partial charge in [-0.25, -0.2) is 0 Å². The molecule has 3 aromatic carbocycles. The second-order valence-electron chi connectivity index (χ2n) is 7.35. The van der Waals surface area contributed by atoms with Crippen molar-refractivity contribution < 1.29 is 0 Å². The Balaban J connectivity index is 1.75. The van der Waals surface area contributed by atoms with E-state index in [1.165, 1.54) is 44.5 Å². The minimum absolute atomic E-state index is 0.904. The summed E-state index contributed by atoms with van der Waals surface area (Å²) in [7, 11) is 3.74. The highest BCUT2D eigenvalue weighted by atomic mass is 32.0. The molecule has 3 rings (SSSR count). The third-order valence-electron chi connectivity index (χ3n) is 5.56. The molecule has 2 unspecified atom stereocenters. The predicted molar refractivity (Wildman–Crippen MR) is 126 cm³/mol. The third kappa shape index (κ3) is 5.28. The highest BCUT2D eigenvalue weighted by Crippen LogP contribution is 2.27. The van der Waals surface area contributed by atoms with Crippen LogP contribution in [0.3, 0.4) is 0 Å². The maximum Gasteiger partial charge on any atom is -0.00230 e. The van der Waals surface area contributed by atoms with E-state index in [-0.39, 0.29) is 0 Å². The summed E-state index contributed by atoms with van der Waals surface area (Å²) in [6.07, 6.45) is 4.30. The normalized spacial score (nSPS) is 11.4. The fraction of sp³-hybridized carbons (Fsp3) is 0.280. The van der Waals surface area contributed by atoms with E-state index in [0.29, 0.717) is 0 Å². The molecule has 0 saturated heterocycles. The van der Waals surface area contributed by atoms with Gasteiger partial charge in [-0.1, -0.05) is 75.9 Å². The molecule has 3 aromatic rings. The van der Waals surface area contributed by atoms with Crippen LogP contribution in [0, 0.1) is 13.8 Å². The van der Waals surface area contributed by atoms with Crippen LogP contribution in [0.25, 0.3) is 0 Å². The monoisotopic (exact) mass is 392 g/mol. The van der Waals surface area contributed by atoms with Crippen molar-refractivity contribution in [3.8, 4) is 0 Å². The zero-order valence-electron chi connectivity index (χ0n) is 16.7. The number of hydrogen-bond acceptors (Lipinski definition) is 0. The number of benzene rings is 3. The van der Waals surface area contributed by atoms with E-state index in [2.05, 4.69) is 90.4 Å². The fourth-order valence-corrected chi connectivity index (χ4v) is 4.72. The van der Waals surface area contributed by atoms with Gasteiger partial charge in [0.15, 0.2) is 0 Å². The van der Waals surface area contributed by atoms with Gasteiger partial charge in [-0.3, -0.25) is 0 Å². The van der Waals surface area contributed by atoms with Crippen molar-refractivity contribution >= 4 is 17.2 Å². The zero-order chi connectivity index (χ0) is 19.2. The minimum Gasteiger partial charge on any atom is -0.114 e. The highest BCUT2D eigenvalue weighted by molar-refractivity contribution is 8.02. The molecule has 0 saturated carbocycles. The Labute approximate surface area is 168 Å². The summed E-state index contributed by atoms with van der Waals surface area (Å²) in [5.74, 6) is 0. The van der Waals surface area contributed by atoms with Crippen LogP contribution < -0.4 is 0 Å². The molecule has 0 spiro atoms. The van der Waals surface area contributed by atoms with Crippen LogP contribution in [0.4, 0.5) is 0 Å². The summed E-state index contributed by atoms with van der Waals surface area (Å²) in [5, 5.41) is 0. The predicted octanol–water partition coefficient (Wildman–Crippen LogP) is 7.02. The zero-order valence-corrected chi connectivity index (χ0v) is 18.8. The summed E-state index contributed by atoms with van der Waals surface area (Å²) in [5.41, 5.74) is 11.4. The minimum atomic E-state index is 0.904. The lowest BCUT2D eigenvalue weighted by Gasteiger charge is -2.14. The lowest BCUT2D eigenvalue weighted by atomic mass is 9.91. The molecule has 0 aliphatic heterocycles. The Morgan fingerprint density at radius 3 is 1.44 bits per heavy atom. The largest absolute Gasteiger partial charge is 0.114 e. The molecular formula is C25H30P2. The van der Waals surface area contributed by atoms with E-state index < -0.39 is 0 Å². The average molecular weight is 392 g/mol. The second kappa shape index (κ2) is 9.64. The Hall–Kier alpha value is -1.48. The molecule has 0 nitrogen and oxygen atoms in total. The molecule has 0 aliphatic carbocycles. The Morgan fingerprint density at radius 1 is 0.630 bits per heavy atom. The summed E-state index contributed by atoms with van der Waals surface area (Å²) < 4.78 is 0. The van der Waals surface area contributed by atoms with Gasteiger partial charge >= 0.3 is 0 Å². The van der Waals surface area contributed by atoms with Gasteiger partial charge in [-0.2, -0.15) is 0 Å². The number of hydrogen-bond donors (Lipinski definition) is 0. The molecular weight excluding hydrogens is 362 g/mol. The molecule has 0 aliphatic rings. The standard InChI is InChI=1S/C25H30P2/c1-4-20-5-7-21(8-6-20)15-24-13-14-25(19(3)18(24)2)16-22-9-11-23(12-10-22)17-27-26/h5-14,27H,4,15-17,26H2,1-3H3. The molecule has 0 aromatic heterocycles. The topological polar surface area (TPSA) is 0 Å². The van der Waals surface area contributed by atoms with E-state index in [1.54, 1.807) is 0 Å². The molecule has 27 heavy (non-hydrogen) atoms. The first-order chi connectivity index (χ1) is 13.1. The quantitative estimate of drug-likeness (QED) is 0.379. The maximum atomic E-state index is 2.83. The van der Waals surface area contributed by atoms with E-state index in [0.717, 1.165) is 33.7 Å².